The van der Waals surface area contributed by atoms with Crippen molar-refractivity contribution in [2.45, 2.75) is 31.6 Å². The average Bonchev–Trinajstić information content (AvgIpc) is 2.45. The number of rotatable bonds is 2. The molecule has 1 heterocycles. The number of likely N-dealkylation sites (N-methyl/N-ethyl adjacent to an activating group) is 1. The smallest absolute Gasteiger partial charge is 0.207 e. The van der Waals surface area contributed by atoms with Gasteiger partial charge in [-0.15, -0.1) is 0 Å². The van der Waals surface area contributed by atoms with E-state index < -0.39 is 17.7 Å². The molecule has 2 unspecified atom stereocenters. The molecule has 0 saturated carbocycles. The zero-order chi connectivity index (χ0) is 15.6. The van der Waals surface area contributed by atoms with Gasteiger partial charge in [0, 0.05) is 12.6 Å². The van der Waals surface area contributed by atoms with Crippen molar-refractivity contribution in [3.8, 4) is 18.0 Å². The van der Waals surface area contributed by atoms with Crippen molar-refractivity contribution >= 4 is 6.34 Å². The highest BCUT2D eigenvalue weighted by Gasteiger charge is 2.44. The lowest BCUT2D eigenvalue weighted by molar-refractivity contribution is -0.0777. The molecule has 0 bridgehead atoms. The Kier molecular flexibility index (Phi) is 3.84. The van der Waals surface area contributed by atoms with Crippen molar-refractivity contribution in [3.63, 3.8) is 0 Å². The van der Waals surface area contributed by atoms with E-state index in [9.17, 15) is 5.11 Å². The zero-order valence-corrected chi connectivity index (χ0v) is 12.1. The molecule has 0 fully saturated rings. The van der Waals surface area contributed by atoms with Gasteiger partial charge in [-0.25, -0.2) is 0 Å². The summed E-state index contributed by atoms with van der Waals surface area (Å²) in [6.07, 6.45) is 2.20. The molecule has 1 aromatic rings. The lowest BCUT2D eigenvalue weighted by Crippen LogP contribution is -2.52. The highest BCUT2D eigenvalue weighted by Crippen LogP contribution is 2.42. The number of ether oxygens (including phenoxy) is 1. The maximum absolute atomic E-state index is 10.6. The first kappa shape index (κ1) is 14.8. The van der Waals surface area contributed by atoms with E-state index in [-0.39, 0.29) is 0 Å². The molecule has 0 aromatic heterocycles. The van der Waals surface area contributed by atoms with Crippen molar-refractivity contribution < 1.29 is 9.84 Å². The van der Waals surface area contributed by atoms with E-state index >= 15 is 0 Å². The van der Waals surface area contributed by atoms with E-state index in [1.54, 1.807) is 50.2 Å². The van der Waals surface area contributed by atoms with Gasteiger partial charge in [0.25, 0.3) is 0 Å². The van der Waals surface area contributed by atoms with E-state index in [1.807, 2.05) is 0 Å². The molecule has 2 atom stereocenters. The second-order valence-electron chi connectivity index (χ2n) is 5.47. The fourth-order valence-corrected chi connectivity index (χ4v) is 2.47. The molecular weight excluding hydrogens is 268 g/mol. The molecule has 0 spiro atoms. The summed E-state index contributed by atoms with van der Waals surface area (Å²) in [6, 6.07) is 6.71. The summed E-state index contributed by atoms with van der Waals surface area (Å²) in [5.41, 5.74) is 0.397. The predicted molar refractivity (Wildman–Crippen MR) is 76.5 cm³/mol. The summed E-state index contributed by atoms with van der Waals surface area (Å²) in [5, 5.41) is 28.2. The first-order valence-corrected chi connectivity index (χ1v) is 6.46. The Labute approximate surface area is 123 Å². The monoisotopic (exact) mass is 284 g/mol. The molecule has 0 saturated heterocycles. The SMILES string of the molecule is CN(C=NC#N)C1c2cc(C#N)ccc2OC(C)(C)C1O. The Hall–Kier alpha value is -2.57. The Balaban J connectivity index is 2.54. The number of nitriles is 2. The van der Waals surface area contributed by atoms with Crippen LogP contribution in [0.3, 0.4) is 0 Å². The van der Waals surface area contributed by atoms with Crippen LogP contribution in [0.1, 0.15) is 31.0 Å². The first-order chi connectivity index (χ1) is 9.90. The number of aliphatic hydroxyl groups excluding tert-OH is 1. The van der Waals surface area contributed by atoms with Crippen LogP contribution in [0.5, 0.6) is 5.75 Å². The van der Waals surface area contributed by atoms with Crippen molar-refractivity contribution in [1.29, 1.82) is 10.5 Å². The lowest BCUT2D eigenvalue weighted by atomic mass is 9.85. The molecule has 1 N–H and O–H groups in total. The van der Waals surface area contributed by atoms with Gasteiger partial charge in [0.1, 0.15) is 23.8 Å². The van der Waals surface area contributed by atoms with Crippen molar-refractivity contribution in [1.82, 2.24) is 4.90 Å². The number of benzene rings is 1. The van der Waals surface area contributed by atoms with E-state index in [0.717, 1.165) is 0 Å². The largest absolute Gasteiger partial charge is 0.485 e. The molecule has 1 aliphatic rings. The van der Waals surface area contributed by atoms with E-state index in [1.165, 1.54) is 6.34 Å². The highest BCUT2D eigenvalue weighted by atomic mass is 16.5. The topological polar surface area (TPSA) is 92.6 Å². The molecule has 0 amide bonds. The summed E-state index contributed by atoms with van der Waals surface area (Å²) in [4.78, 5) is 5.19. The minimum absolute atomic E-state index is 0.450. The van der Waals surface area contributed by atoms with Gasteiger partial charge in [-0.2, -0.15) is 15.5 Å². The van der Waals surface area contributed by atoms with Crippen LogP contribution >= 0.6 is 0 Å². The molecular formula is C15H16N4O2. The van der Waals surface area contributed by atoms with Crippen molar-refractivity contribution in [2.24, 2.45) is 4.99 Å². The Bertz CT molecular complexity index is 655. The minimum atomic E-state index is -0.839. The fraction of sp³-hybridized carbons (Fsp3) is 0.400. The third-order valence-corrected chi connectivity index (χ3v) is 3.58. The van der Waals surface area contributed by atoms with Gasteiger partial charge in [0.05, 0.1) is 17.7 Å². The second-order valence-corrected chi connectivity index (χ2v) is 5.47. The van der Waals surface area contributed by atoms with Crippen LogP contribution in [0.25, 0.3) is 0 Å². The number of hydrogen-bond donors (Lipinski definition) is 1. The van der Waals surface area contributed by atoms with Crippen LogP contribution in [0.15, 0.2) is 23.2 Å². The molecule has 6 nitrogen and oxygen atoms in total. The van der Waals surface area contributed by atoms with Gasteiger partial charge >= 0.3 is 0 Å². The lowest BCUT2D eigenvalue weighted by Gasteiger charge is -2.44. The van der Waals surface area contributed by atoms with Crippen LogP contribution in [-0.2, 0) is 0 Å². The molecule has 0 aliphatic carbocycles. The fourth-order valence-electron chi connectivity index (χ4n) is 2.47. The molecule has 0 radical (unpaired) electrons. The normalized spacial score (nSPS) is 22.8. The predicted octanol–water partition coefficient (Wildman–Crippen LogP) is 1.57. The summed E-state index contributed by atoms with van der Waals surface area (Å²) >= 11 is 0. The number of nitrogens with zero attached hydrogens (tertiary/aromatic N) is 4. The van der Waals surface area contributed by atoms with Crippen LogP contribution < -0.4 is 4.74 Å². The molecule has 1 aromatic carbocycles. The van der Waals surface area contributed by atoms with Crippen molar-refractivity contribution in [2.75, 3.05) is 7.05 Å². The van der Waals surface area contributed by atoms with Gasteiger partial charge < -0.3 is 14.7 Å². The Morgan fingerprint density at radius 3 is 2.76 bits per heavy atom. The van der Waals surface area contributed by atoms with E-state index in [2.05, 4.69) is 11.1 Å². The number of hydrogen-bond acceptors (Lipinski definition) is 5. The maximum atomic E-state index is 10.6. The van der Waals surface area contributed by atoms with Gasteiger partial charge in [-0.3, -0.25) is 0 Å². The van der Waals surface area contributed by atoms with Gasteiger partial charge in [0.2, 0.25) is 6.19 Å². The summed E-state index contributed by atoms with van der Waals surface area (Å²) in [7, 11) is 1.72. The quantitative estimate of drug-likeness (QED) is 0.505. The molecule has 2 rings (SSSR count). The summed E-state index contributed by atoms with van der Waals surface area (Å²) in [5.74, 6) is 0.617. The Morgan fingerprint density at radius 2 is 2.14 bits per heavy atom. The third kappa shape index (κ3) is 2.67. The minimum Gasteiger partial charge on any atom is -0.485 e. The second kappa shape index (κ2) is 5.43. The van der Waals surface area contributed by atoms with Crippen molar-refractivity contribution in [3.05, 3.63) is 29.3 Å². The zero-order valence-electron chi connectivity index (χ0n) is 12.1. The number of aliphatic imine (C=N–C) groups is 1. The van der Waals surface area contributed by atoms with Crippen LogP contribution in [0.2, 0.25) is 0 Å². The van der Waals surface area contributed by atoms with Crippen LogP contribution in [-0.4, -0.2) is 35.1 Å². The molecule has 21 heavy (non-hydrogen) atoms. The summed E-state index contributed by atoms with van der Waals surface area (Å²) in [6.45, 7) is 3.59. The first-order valence-electron chi connectivity index (χ1n) is 6.46. The number of fused-ring (bicyclic) bond motifs is 1. The standard InChI is InChI=1S/C15H16N4O2/c1-15(2)14(20)13(19(3)9-18-8-17)11-6-10(7-16)4-5-12(11)21-15/h4-6,9,13-14,20H,1-3H3. The maximum Gasteiger partial charge on any atom is 0.207 e. The van der Waals surface area contributed by atoms with Gasteiger partial charge in [-0.1, -0.05) is 0 Å². The summed E-state index contributed by atoms with van der Waals surface area (Å²) < 4.78 is 5.82. The van der Waals surface area contributed by atoms with E-state index in [4.69, 9.17) is 15.3 Å². The highest BCUT2D eigenvalue weighted by molar-refractivity contribution is 5.59. The molecule has 108 valence electrons. The van der Waals surface area contributed by atoms with Crippen LogP contribution in [0, 0.1) is 22.8 Å². The average molecular weight is 284 g/mol. The third-order valence-electron chi connectivity index (χ3n) is 3.58. The Morgan fingerprint density at radius 1 is 1.43 bits per heavy atom. The van der Waals surface area contributed by atoms with E-state index in [0.29, 0.717) is 16.9 Å². The molecule has 1 aliphatic heterocycles. The van der Waals surface area contributed by atoms with Gasteiger partial charge in [0.15, 0.2) is 0 Å². The molecule has 6 heteroatoms. The van der Waals surface area contributed by atoms with Gasteiger partial charge in [-0.05, 0) is 32.0 Å². The number of aliphatic hydroxyl groups is 1. The van der Waals surface area contributed by atoms with Crippen LogP contribution in [0.4, 0.5) is 0 Å².